The summed E-state index contributed by atoms with van der Waals surface area (Å²) < 4.78 is 0. The molecule has 1 fully saturated rings. The van der Waals surface area contributed by atoms with Crippen LogP contribution in [0.3, 0.4) is 0 Å². The van der Waals surface area contributed by atoms with E-state index in [1.54, 1.807) is 23.6 Å². The van der Waals surface area contributed by atoms with Gasteiger partial charge in [-0.05, 0) is 61.1 Å². The molecule has 1 aliphatic rings. The Hall–Kier alpha value is -3.09. The Morgan fingerprint density at radius 3 is 2.81 bits per heavy atom. The van der Waals surface area contributed by atoms with Crippen LogP contribution in [0.25, 0.3) is 43.6 Å². The summed E-state index contributed by atoms with van der Waals surface area (Å²) in [4.78, 5) is 30.0. The lowest BCUT2D eigenvalue weighted by atomic mass is 9.97. The predicted octanol–water partition coefficient (Wildman–Crippen LogP) is 6.10. The van der Waals surface area contributed by atoms with Crippen molar-refractivity contribution in [1.82, 2.24) is 19.9 Å². The van der Waals surface area contributed by atoms with Crippen molar-refractivity contribution in [3.63, 3.8) is 0 Å². The number of rotatable bonds is 3. The minimum atomic E-state index is -0.110. The van der Waals surface area contributed by atoms with Gasteiger partial charge >= 0.3 is 0 Å². The van der Waals surface area contributed by atoms with Crippen LogP contribution in [0, 0.1) is 6.92 Å². The number of fused-ring (bicyclic) bond motifs is 2. The number of nitrogens with one attached hydrogen (secondary N) is 1. The second-order valence-corrected chi connectivity index (χ2v) is 9.56. The topological polar surface area (TPSA) is 71.5 Å². The van der Waals surface area contributed by atoms with Crippen molar-refractivity contribution in [3.8, 4) is 21.7 Å². The molecule has 1 N–H and O–H groups in total. The second kappa shape index (κ2) is 6.97. The lowest BCUT2D eigenvalue weighted by Crippen LogP contribution is -2.08. The number of pyridine rings is 3. The number of aromatic amines is 1. The first-order valence-electron chi connectivity index (χ1n) is 10.1. The number of hydrogen-bond donors (Lipinski definition) is 1. The predicted molar refractivity (Wildman–Crippen MR) is 126 cm³/mol. The van der Waals surface area contributed by atoms with E-state index in [-0.39, 0.29) is 5.56 Å². The molecule has 0 bridgehead atoms. The van der Waals surface area contributed by atoms with Gasteiger partial charge < -0.3 is 4.98 Å². The number of halogens is 1. The van der Waals surface area contributed by atoms with Gasteiger partial charge in [-0.1, -0.05) is 17.7 Å². The highest BCUT2D eigenvalue weighted by Crippen LogP contribution is 2.44. The molecule has 1 aromatic carbocycles. The maximum atomic E-state index is 12.3. The number of H-pyrrole nitrogens is 1. The number of aryl methyl sites for hydroxylation is 1. The third-order valence-corrected chi connectivity index (χ3v) is 6.91. The Kier molecular flexibility index (Phi) is 4.20. The zero-order valence-corrected chi connectivity index (χ0v) is 18.2. The van der Waals surface area contributed by atoms with E-state index in [4.69, 9.17) is 16.6 Å². The molecule has 4 aromatic heterocycles. The van der Waals surface area contributed by atoms with E-state index in [0.717, 1.165) is 61.4 Å². The van der Waals surface area contributed by atoms with Gasteiger partial charge in [-0.25, -0.2) is 9.97 Å². The molecule has 0 aliphatic heterocycles. The summed E-state index contributed by atoms with van der Waals surface area (Å²) in [6.07, 6.45) is 5.80. The van der Waals surface area contributed by atoms with Crippen molar-refractivity contribution in [1.29, 1.82) is 0 Å². The van der Waals surface area contributed by atoms with Gasteiger partial charge in [0.25, 0.3) is 0 Å². The van der Waals surface area contributed by atoms with Gasteiger partial charge in [-0.3, -0.25) is 9.78 Å². The van der Waals surface area contributed by atoms with Gasteiger partial charge in [0, 0.05) is 34.8 Å². The fourth-order valence-electron chi connectivity index (χ4n) is 4.11. The molecule has 1 aliphatic carbocycles. The molecular formula is C24H17ClN4OS. The summed E-state index contributed by atoms with van der Waals surface area (Å²) in [5.74, 6) is 0.431. The van der Waals surface area contributed by atoms with Crippen molar-refractivity contribution in [2.24, 2.45) is 0 Å². The molecule has 0 amide bonds. The molecule has 0 saturated heterocycles. The molecule has 4 heterocycles. The number of benzene rings is 1. The average molecular weight is 445 g/mol. The second-order valence-electron chi connectivity index (χ2n) is 7.92. The first-order chi connectivity index (χ1) is 15.1. The van der Waals surface area contributed by atoms with Crippen molar-refractivity contribution >= 4 is 44.9 Å². The van der Waals surface area contributed by atoms with E-state index in [9.17, 15) is 4.79 Å². The van der Waals surface area contributed by atoms with Crippen molar-refractivity contribution in [2.75, 3.05) is 0 Å². The van der Waals surface area contributed by atoms with Crippen LogP contribution in [0.5, 0.6) is 0 Å². The molecule has 0 spiro atoms. The molecule has 5 aromatic rings. The average Bonchev–Trinajstić information content (AvgIpc) is 3.52. The summed E-state index contributed by atoms with van der Waals surface area (Å²) >= 11 is 8.19. The first-order valence-corrected chi connectivity index (χ1v) is 11.3. The van der Waals surface area contributed by atoms with Crippen LogP contribution in [-0.4, -0.2) is 19.9 Å². The highest BCUT2D eigenvalue weighted by molar-refractivity contribution is 7.15. The summed E-state index contributed by atoms with van der Waals surface area (Å²) in [7, 11) is 0. The minimum Gasteiger partial charge on any atom is -0.307 e. The van der Waals surface area contributed by atoms with Gasteiger partial charge in [-0.15, -0.1) is 11.3 Å². The third-order valence-electron chi connectivity index (χ3n) is 5.70. The van der Waals surface area contributed by atoms with Gasteiger partial charge in [0.1, 0.15) is 5.65 Å². The van der Waals surface area contributed by atoms with E-state index in [1.165, 1.54) is 0 Å². The lowest BCUT2D eigenvalue weighted by Gasteiger charge is -2.13. The van der Waals surface area contributed by atoms with Crippen LogP contribution in [0.2, 0.25) is 5.02 Å². The molecule has 6 rings (SSSR count). The lowest BCUT2D eigenvalue weighted by molar-refractivity contribution is 1.11. The normalized spacial score (nSPS) is 13.9. The monoisotopic (exact) mass is 444 g/mol. The third kappa shape index (κ3) is 3.23. The van der Waals surface area contributed by atoms with Crippen LogP contribution in [-0.2, 0) is 0 Å². The van der Waals surface area contributed by atoms with Crippen LogP contribution in [0.4, 0.5) is 0 Å². The van der Waals surface area contributed by atoms with E-state index < -0.39 is 0 Å². The first kappa shape index (κ1) is 18.7. The van der Waals surface area contributed by atoms with Gasteiger partial charge in [-0.2, -0.15) is 0 Å². The minimum absolute atomic E-state index is 0.110. The van der Waals surface area contributed by atoms with Crippen molar-refractivity contribution in [2.45, 2.75) is 25.7 Å². The van der Waals surface area contributed by atoms with E-state index >= 15 is 0 Å². The highest BCUT2D eigenvalue weighted by Gasteiger charge is 2.27. The number of thiazole rings is 1. The highest BCUT2D eigenvalue weighted by atomic mass is 35.5. The van der Waals surface area contributed by atoms with E-state index in [1.807, 2.05) is 31.3 Å². The van der Waals surface area contributed by atoms with Crippen molar-refractivity contribution in [3.05, 3.63) is 74.7 Å². The van der Waals surface area contributed by atoms with E-state index in [0.29, 0.717) is 16.6 Å². The van der Waals surface area contributed by atoms with Crippen molar-refractivity contribution < 1.29 is 0 Å². The number of hydrogen-bond acceptors (Lipinski definition) is 5. The molecule has 1 saturated carbocycles. The fraction of sp³-hybridized carbons (Fsp3) is 0.167. The molecular weight excluding hydrogens is 428 g/mol. The SMILES string of the molecule is Cc1ncc(-c2nc3[nH]c(=O)cc(C4CC4)c3cc2-c2cc(Cl)c3ncccc3c2)s1. The maximum absolute atomic E-state index is 12.3. The quantitative estimate of drug-likeness (QED) is 0.365. The van der Waals surface area contributed by atoms with Crippen LogP contribution >= 0.6 is 22.9 Å². The Balaban J connectivity index is 1.69. The smallest absolute Gasteiger partial charge is 0.249 e. The van der Waals surface area contributed by atoms with Gasteiger partial charge in [0.05, 0.1) is 26.1 Å². The van der Waals surface area contributed by atoms with Crippen LogP contribution < -0.4 is 5.56 Å². The number of nitrogens with zero attached hydrogens (tertiary/aromatic N) is 3. The van der Waals surface area contributed by atoms with E-state index in [2.05, 4.69) is 27.1 Å². The van der Waals surface area contributed by atoms with Crippen LogP contribution in [0.1, 0.15) is 29.3 Å². The Labute approximate surface area is 186 Å². The largest absolute Gasteiger partial charge is 0.307 e. The zero-order valence-electron chi connectivity index (χ0n) is 16.6. The molecule has 0 unspecified atom stereocenters. The Morgan fingerprint density at radius 2 is 2.03 bits per heavy atom. The standard InChI is InChI=1S/C24H17ClN4OS/c1-12-27-11-20(31-12)23-17(15-7-14-3-2-6-26-22(14)19(25)8-15)9-18-16(13-4-5-13)10-21(30)28-24(18)29-23/h2-3,6-11,13H,4-5H2,1H3,(H,28,29,30). The summed E-state index contributed by atoms with van der Waals surface area (Å²) in [5, 5.41) is 3.53. The summed E-state index contributed by atoms with van der Waals surface area (Å²) in [6, 6.07) is 11.8. The van der Waals surface area contributed by atoms with Crippen LogP contribution in [0.15, 0.2) is 53.6 Å². The molecule has 5 nitrogen and oxygen atoms in total. The molecule has 0 atom stereocenters. The molecule has 152 valence electrons. The summed E-state index contributed by atoms with van der Waals surface area (Å²) in [6.45, 7) is 1.97. The molecule has 31 heavy (non-hydrogen) atoms. The number of aromatic nitrogens is 4. The Bertz CT molecular complexity index is 1550. The van der Waals surface area contributed by atoms with Gasteiger partial charge in [0.15, 0.2) is 0 Å². The molecule has 0 radical (unpaired) electrons. The maximum Gasteiger partial charge on any atom is 0.249 e. The molecule has 7 heteroatoms. The fourth-order valence-corrected chi connectivity index (χ4v) is 5.17. The van der Waals surface area contributed by atoms with Gasteiger partial charge in [0.2, 0.25) is 5.56 Å². The zero-order chi connectivity index (χ0) is 21.1. The summed E-state index contributed by atoms with van der Waals surface area (Å²) in [5.41, 5.74) is 5.09. The Morgan fingerprint density at radius 1 is 1.16 bits per heavy atom.